The van der Waals surface area contributed by atoms with Gasteiger partial charge in [0.1, 0.15) is 6.54 Å². The van der Waals surface area contributed by atoms with E-state index in [1.807, 2.05) is 23.1 Å². The van der Waals surface area contributed by atoms with Gasteiger partial charge in [-0.05, 0) is 44.4 Å². The molecule has 1 fully saturated rings. The Morgan fingerprint density at radius 3 is 2.33 bits per heavy atom. The van der Waals surface area contributed by atoms with Crippen LogP contribution in [-0.2, 0) is 20.9 Å². The van der Waals surface area contributed by atoms with Crippen LogP contribution in [0, 0.1) is 10.1 Å². The zero-order valence-corrected chi connectivity index (χ0v) is 20.0. The molecule has 8 heteroatoms. The number of nitro groups is 1. The van der Waals surface area contributed by atoms with E-state index in [0.717, 1.165) is 87.8 Å². The van der Waals surface area contributed by atoms with Crippen LogP contribution in [0.2, 0.25) is 0 Å². The van der Waals surface area contributed by atoms with Gasteiger partial charge in [0.05, 0.1) is 44.3 Å². The fourth-order valence-electron chi connectivity index (χ4n) is 4.21. The van der Waals surface area contributed by atoms with E-state index < -0.39 is 0 Å². The lowest BCUT2D eigenvalue weighted by atomic mass is 10.1. The highest BCUT2D eigenvalue weighted by Gasteiger charge is 2.32. The number of rotatable bonds is 13. The fraction of sp³-hybridized carbons (Fsp3) is 0.600. The van der Waals surface area contributed by atoms with Crippen molar-refractivity contribution >= 4 is 17.6 Å². The Labute approximate surface area is 196 Å². The summed E-state index contributed by atoms with van der Waals surface area (Å²) in [6.07, 6.45) is 9.84. The van der Waals surface area contributed by atoms with Gasteiger partial charge in [-0.15, -0.1) is 0 Å². The zero-order chi connectivity index (χ0) is 24.1. The van der Waals surface area contributed by atoms with Crippen LogP contribution in [0.1, 0.15) is 57.9 Å². The summed E-state index contributed by atoms with van der Waals surface area (Å²) < 4.78 is 5.81. The first-order valence-corrected chi connectivity index (χ1v) is 12.0. The lowest BCUT2D eigenvalue weighted by Crippen LogP contribution is -2.59. The number of carbonyl (C=O) groups excluding carboxylic acids is 2. The average Bonchev–Trinajstić information content (AvgIpc) is 2.80. The van der Waals surface area contributed by atoms with Gasteiger partial charge in [-0.3, -0.25) is 19.7 Å². The molecule has 1 aliphatic rings. The van der Waals surface area contributed by atoms with Crippen LogP contribution in [-0.4, -0.2) is 65.5 Å². The first kappa shape index (κ1) is 26.5. The third kappa shape index (κ3) is 9.34. The summed E-state index contributed by atoms with van der Waals surface area (Å²) in [4.78, 5) is 35.6. The normalized spacial score (nSPS) is 15.5. The maximum absolute atomic E-state index is 12.5. The number of unbranched alkanes of at least 4 members (excludes halogenated alkanes) is 5. The molecular weight excluding hydrogens is 422 g/mol. The van der Waals surface area contributed by atoms with Crippen molar-refractivity contribution in [2.45, 2.75) is 58.9 Å². The van der Waals surface area contributed by atoms with Gasteiger partial charge in [-0.25, -0.2) is 0 Å². The molecule has 0 unspecified atom stereocenters. The lowest BCUT2D eigenvalue weighted by Gasteiger charge is -2.44. The molecule has 33 heavy (non-hydrogen) atoms. The van der Waals surface area contributed by atoms with Crippen molar-refractivity contribution in [3.63, 3.8) is 0 Å². The van der Waals surface area contributed by atoms with Crippen molar-refractivity contribution in [1.82, 2.24) is 4.90 Å². The second-order valence-electron chi connectivity index (χ2n) is 8.81. The number of carbonyl (C=O) groups is 2. The number of hydrogen-bond donors (Lipinski definition) is 0. The molecule has 1 saturated heterocycles. The summed E-state index contributed by atoms with van der Waals surface area (Å²) in [5, 5.41) is 10.9. The molecule has 182 valence electrons. The van der Waals surface area contributed by atoms with Crippen molar-refractivity contribution in [2.75, 3.05) is 39.3 Å². The predicted molar refractivity (Wildman–Crippen MR) is 127 cm³/mol. The molecule has 0 aliphatic carbocycles. The molecule has 8 nitrogen and oxygen atoms in total. The molecule has 0 saturated carbocycles. The number of non-ortho nitro benzene ring substituents is 1. The number of piperazine rings is 1. The number of amides is 1. The van der Waals surface area contributed by atoms with Gasteiger partial charge in [0.15, 0.2) is 0 Å². The number of hydrogen-bond acceptors (Lipinski definition) is 5. The first-order valence-electron chi connectivity index (χ1n) is 12.0. The van der Waals surface area contributed by atoms with Crippen LogP contribution in [0.5, 0.6) is 0 Å². The second kappa shape index (κ2) is 13.7. The molecule has 1 aliphatic heterocycles. The Morgan fingerprint density at radius 2 is 1.73 bits per heavy atom. The maximum Gasteiger partial charge on any atom is 0.302 e. The monoisotopic (exact) mass is 460 g/mol. The molecular formula is C25H38N3O5+. The van der Waals surface area contributed by atoms with E-state index in [-0.39, 0.29) is 22.5 Å². The number of allylic oxidation sites excluding steroid dienone is 1. The summed E-state index contributed by atoms with van der Waals surface area (Å²) >= 11 is 0. The molecule has 0 aromatic heterocycles. The first-order chi connectivity index (χ1) is 15.8. The highest BCUT2D eigenvalue weighted by atomic mass is 16.6. The summed E-state index contributed by atoms with van der Waals surface area (Å²) in [6, 6.07) is 6.81. The van der Waals surface area contributed by atoms with Crippen LogP contribution in [0.15, 0.2) is 36.4 Å². The molecule has 0 atom stereocenters. The Balaban J connectivity index is 1.67. The van der Waals surface area contributed by atoms with Gasteiger partial charge >= 0.3 is 5.97 Å². The Bertz CT molecular complexity index is 799. The molecule has 1 amide bonds. The van der Waals surface area contributed by atoms with Gasteiger partial charge < -0.3 is 14.1 Å². The van der Waals surface area contributed by atoms with Crippen LogP contribution >= 0.6 is 0 Å². The number of esters is 1. The average molecular weight is 461 g/mol. The molecule has 1 aromatic rings. The van der Waals surface area contributed by atoms with Crippen molar-refractivity contribution in [2.24, 2.45) is 0 Å². The lowest BCUT2D eigenvalue weighted by molar-refractivity contribution is -0.942. The van der Waals surface area contributed by atoms with Gasteiger partial charge in [-0.1, -0.05) is 25.3 Å². The van der Waals surface area contributed by atoms with Crippen molar-refractivity contribution in [3.8, 4) is 0 Å². The Kier molecular flexibility index (Phi) is 11.0. The van der Waals surface area contributed by atoms with E-state index in [4.69, 9.17) is 4.74 Å². The summed E-state index contributed by atoms with van der Waals surface area (Å²) in [7, 11) is 0. The highest BCUT2D eigenvalue weighted by molar-refractivity contribution is 5.87. The van der Waals surface area contributed by atoms with Crippen LogP contribution in [0.3, 0.4) is 0 Å². The molecule has 1 heterocycles. The van der Waals surface area contributed by atoms with E-state index >= 15 is 0 Å². The zero-order valence-electron chi connectivity index (χ0n) is 20.0. The van der Waals surface area contributed by atoms with Gasteiger partial charge in [0, 0.05) is 24.6 Å². The number of nitrogens with zero attached hydrogens (tertiary/aromatic N) is 3. The summed E-state index contributed by atoms with van der Waals surface area (Å²) in [6.45, 7) is 9.13. The smallest absolute Gasteiger partial charge is 0.302 e. The van der Waals surface area contributed by atoms with E-state index in [2.05, 4.69) is 6.92 Å². The Hall–Kier alpha value is -2.74. The van der Waals surface area contributed by atoms with Crippen LogP contribution in [0.4, 0.5) is 5.69 Å². The van der Waals surface area contributed by atoms with E-state index in [0.29, 0.717) is 6.61 Å². The number of likely N-dealkylation sites (N-methyl/N-ethyl adjacent to an activating group) is 1. The fourth-order valence-corrected chi connectivity index (χ4v) is 4.21. The van der Waals surface area contributed by atoms with E-state index in [9.17, 15) is 19.7 Å². The van der Waals surface area contributed by atoms with E-state index in [1.165, 1.54) is 6.92 Å². The maximum atomic E-state index is 12.5. The van der Waals surface area contributed by atoms with Crippen molar-refractivity contribution < 1.29 is 23.7 Å². The Morgan fingerprint density at radius 1 is 1.09 bits per heavy atom. The largest absolute Gasteiger partial charge is 0.466 e. The number of quaternary nitrogens is 1. The molecule has 2 rings (SSSR count). The molecule has 0 spiro atoms. The minimum absolute atomic E-state index is 0.0839. The quantitative estimate of drug-likeness (QED) is 0.110. The van der Waals surface area contributed by atoms with Crippen LogP contribution < -0.4 is 0 Å². The van der Waals surface area contributed by atoms with Crippen molar-refractivity contribution in [3.05, 3.63) is 52.1 Å². The molecule has 1 aromatic carbocycles. The van der Waals surface area contributed by atoms with Crippen LogP contribution in [0.25, 0.3) is 0 Å². The minimum Gasteiger partial charge on any atom is -0.466 e. The SMILES string of the molecule is CC[N+]1(Cc2ccc([N+](=O)[O-])cc2)CCN(C(=O)/C=C/CCCCCCCOC(C)=O)CC1. The highest BCUT2D eigenvalue weighted by Crippen LogP contribution is 2.21. The number of benzene rings is 1. The second-order valence-corrected chi connectivity index (χ2v) is 8.81. The number of nitro benzene ring substituents is 1. The third-order valence-corrected chi connectivity index (χ3v) is 6.42. The molecule has 0 radical (unpaired) electrons. The topological polar surface area (TPSA) is 89.8 Å². The third-order valence-electron chi connectivity index (χ3n) is 6.42. The predicted octanol–water partition coefficient (Wildman–Crippen LogP) is 4.23. The molecule has 0 N–H and O–H groups in total. The van der Waals surface area contributed by atoms with Gasteiger partial charge in [-0.2, -0.15) is 0 Å². The number of ether oxygens (including phenoxy) is 1. The van der Waals surface area contributed by atoms with Gasteiger partial charge in [0.2, 0.25) is 5.91 Å². The van der Waals surface area contributed by atoms with Crippen molar-refractivity contribution in [1.29, 1.82) is 0 Å². The summed E-state index contributed by atoms with van der Waals surface area (Å²) in [5.41, 5.74) is 1.21. The van der Waals surface area contributed by atoms with Gasteiger partial charge in [0.25, 0.3) is 5.69 Å². The minimum atomic E-state index is -0.375. The van der Waals surface area contributed by atoms with E-state index in [1.54, 1.807) is 18.2 Å². The summed E-state index contributed by atoms with van der Waals surface area (Å²) in [5.74, 6) is -0.136. The standard InChI is InChI=1S/C25H38N3O5/c1-3-28(21-23-12-14-24(15-13-23)27(31)32)18-16-26(17-19-28)25(30)11-9-7-5-4-6-8-10-20-33-22(2)29/h9,11-15H,3-8,10,16-21H2,1-2H3/q+1/b11-9+. The molecule has 0 bridgehead atoms.